The normalized spacial score (nSPS) is 11.8. The summed E-state index contributed by atoms with van der Waals surface area (Å²) in [7, 11) is 0. The lowest BCUT2D eigenvalue weighted by atomic mass is 10.2. The smallest absolute Gasteiger partial charge is 0.257 e. The lowest BCUT2D eigenvalue weighted by molar-refractivity contribution is 0.102. The van der Waals surface area contributed by atoms with Gasteiger partial charge in [0.1, 0.15) is 0 Å². The molecule has 116 valence electrons. The summed E-state index contributed by atoms with van der Waals surface area (Å²) < 4.78 is 0.968. The molecule has 5 heteroatoms. The Morgan fingerprint density at radius 3 is 2.73 bits per heavy atom. The molecule has 0 aliphatic carbocycles. The van der Waals surface area contributed by atoms with E-state index < -0.39 is 0 Å². The first-order chi connectivity index (χ1) is 10.5. The molecule has 2 rings (SSSR count). The molecule has 1 heterocycles. The van der Waals surface area contributed by atoms with Crippen molar-refractivity contribution in [3.05, 3.63) is 52.3 Å². The number of hydrogen-bond acceptors (Lipinski definition) is 3. The second kappa shape index (κ2) is 7.40. The van der Waals surface area contributed by atoms with Crippen molar-refractivity contribution in [2.45, 2.75) is 33.2 Å². The van der Waals surface area contributed by atoms with Crippen LogP contribution in [0.1, 0.15) is 36.2 Å². The molecule has 1 atom stereocenters. The second-order valence-electron chi connectivity index (χ2n) is 5.33. The Morgan fingerprint density at radius 2 is 2.05 bits per heavy atom. The van der Waals surface area contributed by atoms with Crippen LogP contribution in [0.3, 0.4) is 0 Å². The zero-order chi connectivity index (χ0) is 16.1. The van der Waals surface area contributed by atoms with Gasteiger partial charge in [-0.15, -0.1) is 0 Å². The molecule has 0 spiro atoms. The van der Waals surface area contributed by atoms with Crippen molar-refractivity contribution in [3.63, 3.8) is 0 Å². The third-order valence-electron chi connectivity index (χ3n) is 3.46. The fourth-order valence-corrected chi connectivity index (χ4v) is 2.28. The highest BCUT2D eigenvalue weighted by Gasteiger charge is 2.09. The molecule has 0 aliphatic heterocycles. The number of carbonyl (C=O) groups excluding carboxylic acids is 1. The SMILES string of the molecule is CCC(C)Nc1cncc(C(=O)Nc2ccc(C)c(Br)c2)c1. The third kappa shape index (κ3) is 4.31. The highest BCUT2D eigenvalue weighted by atomic mass is 79.9. The minimum atomic E-state index is -0.170. The number of nitrogens with one attached hydrogen (secondary N) is 2. The number of amides is 1. The van der Waals surface area contributed by atoms with Crippen molar-refractivity contribution in [3.8, 4) is 0 Å². The Kier molecular flexibility index (Phi) is 5.55. The van der Waals surface area contributed by atoms with Gasteiger partial charge >= 0.3 is 0 Å². The van der Waals surface area contributed by atoms with E-state index in [-0.39, 0.29) is 5.91 Å². The molecule has 0 fully saturated rings. The number of nitrogens with zero attached hydrogens (tertiary/aromatic N) is 1. The van der Waals surface area contributed by atoms with E-state index in [9.17, 15) is 4.79 Å². The number of anilines is 2. The van der Waals surface area contributed by atoms with E-state index in [0.29, 0.717) is 11.6 Å². The van der Waals surface area contributed by atoms with Gasteiger partial charge in [-0.25, -0.2) is 0 Å². The van der Waals surface area contributed by atoms with E-state index in [1.807, 2.05) is 31.2 Å². The lowest BCUT2D eigenvalue weighted by Gasteiger charge is -2.13. The quantitative estimate of drug-likeness (QED) is 0.816. The van der Waals surface area contributed by atoms with Gasteiger partial charge in [0.05, 0.1) is 11.3 Å². The lowest BCUT2D eigenvalue weighted by Crippen LogP contribution is -2.16. The molecule has 2 aromatic rings. The van der Waals surface area contributed by atoms with Crippen LogP contribution in [0.25, 0.3) is 0 Å². The maximum absolute atomic E-state index is 12.3. The predicted molar refractivity (Wildman–Crippen MR) is 94.4 cm³/mol. The Balaban J connectivity index is 2.12. The topological polar surface area (TPSA) is 54.0 Å². The Labute approximate surface area is 139 Å². The van der Waals surface area contributed by atoms with E-state index in [1.165, 1.54) is 0 Å². The van der Waals surface area contributed by atoms with Gasteiger partial charge < -0.3 is 10.6 Å². The van der Waals surface area contributed by atoms with Crippen LogP contribution in [0.5, 0.6) is 0 Å². The van der Waals surface area contributed by atoms with Crippen LogP contribution >= 0.6 is 15.9 Å². The van der Waals surface area contributed by atoms with Crippen LogP contribution in [0.4, 0.5) is 11.4 Å². The van der Waals surface area contributed by atoms with E-state index in [4.69, 9.17) is 0 Å². The standard InChI is InChI=1S/C17H20BrN3O/c1-4-12(3)20-15-7-13(9-19-10-15)17(22)21-14-6-5-11(2)16(18)8-14/h5-10,12,20H,4H2,1-3H3,(H,21,22). The highest BCUT2D eigenvalue weighted by molar-refractivity contribution is 9.10. The summed E-state index contributed by atoms with van der Waals surface area (Å²) in [6.07, 6.45) is 4.31. The predicted octanol–water partition coefficient (Wildman–Crippen LogP) is 4.62. The summed E-state index contributed by atoms with van der Waals surface area (Å²) in [6.45, 7) is 6.21. The number of halogens is 1. The van der Waals surface area contributed by atoms with Gasteiger partial charge in [-0.1, -0.05) is 28.9 Å². The summed E-state index contributed by atoms with van der Waals surface area (Å²) in [5, 5.41) is 6.20. The molecule has 2 N–H and O–H groups in total. The first-order valence-electron chi connectivity index (χ1n) is 7.28. The van der Waals surface area contributed by atoms with Crippen LogP contribution in [0.15, 0.2) is 41.1 Å². The Bertz CT molecular complexity index is 673. The fourth-order valence-electron chi connectivity index (χ4n) is 1.90. The largest absolute Gasteiger partial charge is 0.381 e. The second-order valence-corrected chi connectivity index (χ2v) is 6.19. The van der Waals surface area contributed by atoms with Gasteiger partial charge in [0.15, 0.2) is 0 Å². The van der Waals surface area contributed by atoms with Gasteiger partial charge in [0.2, 0.25) is 0 Å². The Hall–Kier alpha value is -1.88. The van der Waals surface area contributed by atoms with Crippen LogP contribution in [-0.2, 0) is 0 Å². The van der Waals surface area contributed by atoms with Crippen LogP contribution in [-0.4, -0.2) is 16.9 Å². The minimum absolute atomic E-state index is 0.170. The van der Waals surface area contributed by atoms with E-state index in [1.54, 1.807) is 12.4 Å². The van der Waals surface area contributed by atoms with Gasteiger partial charge in [-0.05, 0) is 44.0 Å². The van der Waals surface area contributed by atoms with Gasteiger partial charge in [-0.3, -0.25) is 9.78 Å². The first kappa shape index (κ1) is 16.5. The maximum Gasteiger partial charge on any atom is 0.257 e. The van der Waals surface area contributed by atoms with E-state index >= 15 is 0 Å². The van der Waals surface area contributed by atoms with Crippen LogP contribution in [0, 0.1) is 6.92 Å². The molecule has 0 bridgehead atoms. The van der Waals surface area contributed by atoms with E-state index in [0.717, 1.165) is 27.8 Å². The van der Waals surface area contributed by atoms with Gasteiger partial charge in [0, 0.05) is 28.6 Å². The average Bonchev–Trinajstić information content (AvgIpc) is 2.51. The monoisotopic (exact) mass is 361 g/mol. The molecule has 0 saturated carbocycles. The number of aryl methyl sites for hydroxylation is 1. The molecule has 0 radical (unpaired) electrons. The number of benzene rings is 1. The zero-order valence-corrected chi connectivity index (χ0v) is 14.6. The molecule has 1 aromatic heterocycles. The molecule has 1 unspecified atom stereocenters. The van der Waals surface area contributed by atoms with Crippen LogP contribution < -0.4 is 10.6 Å². The molecule has 0 saturated heterocycles. The first-order valence-corrected chi connectivity index (χ1v) is 8.08. The van der Waals surface area contributed by atoms with Gasteiger partial charge in [-0.2, -0.15) is 0 Å². The van der Waals surface area contributed by atoms with Crippen molar-refractivity contribution in [2.24, 2.45) is 0 Å². The summed E-state index contributed by atoms with van der Waals surface area (Å²) in [5.74, 6) is -0.170. The molecular weight excluding hydrogens is 342 g/mol. The average molecular weight is 362 g/mol. The Morgan fingerprint density at radius 1 is 1.27 bits per heavy atom. The van der Waals surface area contributed by atoms with E-state index in [2.05, 4.69) is 45.4 Å². The summed E-state index contributed by atoms with van der Waals surface area (Å²) >= 11 is 3.47. The molecular formula is C17H20BrN3O. The molecule has 1 aromatic carbocycles. The van der Waals surface area contributed by atoms with Crippen molar-refractivity contribution >= 4 is 33.2 Å². The molecule has 22 heavy (non-hydrogen) atoms. The fraction of sp³-hybridized carbons (Fsp3) is 0.294. The summed E-state index contributed by atoms with van der Waals surface area (Å²) in [4.78, 5) is 16.5. The summed E-state index contributed by atoms with van der Waals surface area (Å²) in [6, 6.07) is 7.89. The number of hydrogen-bond donors (Lipinski definition) is 2. The van der Waals surface area contributed by atoms with Crippen molar-refractivity contribution in [2.75, 3.05) is 10.6 Å². The number of carbonyl (C=O) groups is 1. The number of aromatic nitrogens is 1. The molecule has 1 amide bonds. The van der Waals surface area contributed by atoms with Crippen molar-refractivity contribution < 1.29 is 4.79 Å². The third-order valence-corrected chi connectivity index (χ3v) is 4.31. The molecule has 0 aliphatic rings. The highest BCUT2D eigenvalue weighted by Crippen LogP contribution is 2.21. The van der Waals surface area contributed by atoms with Crippen molar-refractivity contribution in [1.82, 2.24) is 4.98 Å². The van der Waals surface area contributed by atoms with Crippen LogP contribution in [0.2, 0.25) is 0 Å². The number of pyridine rings is 1. The number of rotatable bonds is 5. The zero-order valence-electron chi connectivity index (χ0n) is 13.0. The van der Waals surface area contributed by atoms with Crippen molar-refractivity contribution in [1.29, 1.82) is 0 Å². The van der Waals surface area contributed by atoms with Gasteiger partial charge in [0.25, 0.3) is 5.91 Å². The summed E-state index contributed by atoms with van der Waals surface area (Å²) in [5.41, 5.74) is 3.26. The minimum Gasteiger partial charge on any atom is -0.381 e. The maximum atomic E-state index is 12.3. The molecule has 4 nitrogen and oxygen atoms in total.